The van der Waals surface area contributed by atoms with Crippen molar-refractivity contribution < 1.29 is 9.53 Å². The van der Waals surface area contributed by atoms with Crippen LogP contribution in [0.5, 0.6) is 5.75 Å². The van der Waals surface area contributed by atoms with Crippen molar-refractivity contribution in [3.63, 3.8) is 0 Å². The second kappa shape index (κ2) is 12.1. The molecule has 2 aromatic carbocycles. The van der Waals surface area contributed by atoms with Gasteiger partial charge in [0.2, 0.25) is 0 Å². The monoisotopic (exact) mass is 442 g/mol. The number of carbonyl (C=O) groups is 1. The Bertz CT molecular complexity index is 783. The molecule has 0 saturated carbocycles. The van der Waals surface area contributed by atoms with Gasteiger partial charge in [-0.15, -0.1) is 12.4 Å². The molecule has 0 bridgehead atoms. The Kier molecular flexibility index (Phi) is 9.23. The Labute approximate surface area is 193 Å². The van der Waals surface area contributed by atoms with E-state index in [-0.39, 0.29) is 18.3 Å². The molecule has 0 radical (unpaired) electrons. The van der Waals surface area contributed by atoms with Crippen LogP contribution in [-0.4, -0.2) is 55.0 Å². The molecular formula is C26H35ClN2O2. The lowest BCUT2D eigenvalue weighted by atomic mass is 9.89. The average Bonchev–Trinajstić information content (AvgIpc) is 2.83. The van der Waals surface area contributed by atoms with Crippen molar-refractivity contribution in [3.05, 3.63) is 65.7 Å². The van der Waals surface area contributed by atoms with Gasteiger partial charge in [0.15, 0.2) is 0 Å². The lowest BCUT2D eigenvalue weighted by molar-refractivity contribution is 0.0713. The van der Waals surface area contributed by atoms with Crippen molar-refractivity contribution in [3.8, 4) is 5.75 Å². The molecule has 2 aliphatic rings. The molecule has 0 atom stereocenters. The second-order valence-electron chi connectivity index (χ2n) is 8.61. The summed E-state index contributed by atoms with van der Waals surface area (Å²) in [5.74, 6) is 1.56. The molecule has 4 nitrogen and oxygen atoms in total. The number of likely N-dealkylation sites (tertiary alicyclic amines) is 2. The molecule has 31 heavy (non-hydrogen) atoms. The van der Waals surface area contributed by atoms with Gasteiger partial charge < -0.3 is 14.5 Å². The lowest BCUT2D eigenvalue weighted by Gasteiger charge is -2.32. The summed E-state index contributed by atoms with van der Waals surface area (Å²) < 4.78 is 5.89. The fraction of sp³-hybridized carbons (Fsp3) is 0.500. The zero-order valence-electron chi connectivity index (χ0n) is 18.4. The summed E-state index contributed by atoms with van der Waals surface area (Å²) in [5.41, 5.74) is 2.15. The first-order valence-electron chi connectivity index (χ1n) is 11.6. The Balaban J connectivity index is 0.00000272. The number of hydrogen-bond donors (Lipinski definition) is 0. The van der Waals surface area contributed by atoms with E-state index in [9.17, 15) is 4.79 Å². The number of rotatable bonds is 7. The molecule has 2 heterocycles. The van der Waals surface area contributed by atoms with Crippen LogP contribution in [0.2, 0.25) is 0 Å². The first-order chi connectivity index (χ1) is 14.8. The van der Waals surface area contributed by atoms with Gasteiger partial charge in [0.05, 0.1) is 6.61 Å². The normalized spacial score (nSPS) is 17.7. The van der Waals surface area contributed by atoms with E-state index in [4.69, 9.17) is 4.74 Å². The number of piperidine rings is 2. The maximum Gasteiger partial charge on any atom is 0.253 e. The van der Waals surface area contributed by atoms with E-state index in [0.717, 1.165) is 56.8 Å². The van der Waals surface area contributed by atoms with Crippen molar-refractivity contribution in [1.82, 2.24) is 9.80 Å². The molecule has 0 N–H and O–H groups in total. The summed E-state index contributed by atoms with van der Waals surface area (Å²) in [4.78, 5) is 17.4. The van der Waals surface area contributed by atoms with E-state index < -0.39 is 0 Å². The first kappa shape index (κ1) is 23.6. The maximum atomic E-state index is 12.9. The molecule has 0 aliphatic carbocycles. The Morgan fingerprint density at radius 1 is 0.871 bits per heavy atom. The van der Waals surface area contributed by atoms with Crippen molar-refractivity contribution in [2.24, 2.45) is 0 Å². The molecule has 2 aromatic rings. The Hall–Kier alpha value is -2.04. The van der Waals surface area contributed by atoms with E-state index in [1.807, 2.05) is 29.2 Å². The predicted octanol–water partition coefficient (Wildman–Crippen LogP) is 5.38. The van der Waals surface area contributed by atoms with Crippen LogP contribution < -0.4 is 4.74 Å². The van der Waals surface area contributed by atoms with Crippen LogP contribution in [0.4, 0.5) is 0 Å². The van der Waals surface area contributed by atoms with Gasteiger partial charge in [0, 0.05) is 25.2 Å². The molecule has 168 valence electrons. The van der Waals surface area contributed by atoms with E-state index in [1.54, 1.807) is 0 Å². The average molecular weight is 443 g/mol. The third kappa shape index (κ3) is 6.72. The topological polar surface area (TPSA) is 32.8 Å². The first-order valence-corrected chi connectivity index (χ1v) is 11.6. The number of nitrogens with zero attached hydrogens (tertiary/aromatic N) is 2. The summed E-state index contributed by atoms with van der Waals surface area (Å²) >= 11 is 0. The van der Waals surface area contributed by atoms with Crippen molar-refractivity contribution >= 4 is 18.3 Å². The Morgan fingerprint density at radius 2 is 1.55 bits per heavy atom. The van der Waals surface area contributed by atoms with Crippen LogP contribution >= 0.6 is 12.4 Å². The summed E-state index contributed by atoms with van der Waals surface area (Å²) in [6.07, 6.45) is 7.17. The van der Waals surface area contributed by atoms with Crippen LogP contribution in [0.15, 0.2) is 54.6 Å². The van der Waals surface area contributed by atoms with Gasteiger partial charge in [-0.1, -0.05) is 36.8 Å². The molecule has 2 fully saturated rings. The highest BCUT2D eigenvalue weighted by atomic mass is 35.5. The van der Waals surface area contributed by atoms with Gasteiger partial charge in [-0.05, 0) is 80.9 Å². The zero-order valence-corrected chi connectivity index (χ0v) is 19.2. The molecule has 2 saturated heterocycles. The molecule has 2 aliphatic heterocycles. The van der Waals surface area contributed by atoms with Gasteiger partial charge >= 0.3 is 0 Å². The number of halogens is 1. The SMILES string of the molecule is Cl.O=C(c1ccc(OCCCN2CCCCC2)cc1)N1CCC(c2ccccc2)CC1. The number of hydrogen-bond acceptors (Lipinski definition) is 3. The van der Waals surface area contributed by atoms with Crippen LogP contribution in [0.25, 0.3) is 0 Å². The highest BCUT2D eigenvalue weighted by Gasteiger charge is 2.24. The third-order valence-corrected chi connectivity index (χ3v) is 6.49. The van der Waals surface area contributed by atoms with Crippen LogP contribution in [-0.2, 0) is 0 Å². The van der Waals surface area contributed by atoms with Gasteiger partial charge in [0.25, 0.3) is 5.91 Å². The molecule has 5 heteroatoms. The van der Waals surface area contributed by atoms with Crippen LogP contribution in [0.1, 0.15) is 60.4 Å². The number of benzene rings is 2. The second-order valence-corrected chi connectivity index (χ2v) is 8.61. The summed E-state index contributed by atoms with van der Waals surface area (Å²) in [6.45, 7) is 5.98. The highest BCUT2D eigenvalue weighted by Crippen LogP contribution is 2.28. The lowest BCUT2D eigenvalue weighted by Crippen LogP contribution is -2.37. The molecular weight excluding hydrogens is 408 g/mol. The standard InChI is InChI=1S/C26H34N2O2.ClH/c29-26(28-19-14-23(15-20-28)22-8-3-1-4-9-22)24-10-12-25(13-11-24)30-21-7-18-27-16-5-2-6-17-27;/h1,3-4,8-13,23H,2,5-7,14-21H2;1H. The highest BCUT2D eigenvalue weighted by molar-refractivity contribution is 5.94. The summed E-state index contributed by atoms with van der Waals surface area (Å²) in [7, 11) is 0. The van der Waals surface area contributed by atoms with Crippen LogP contribution in [0, 0.1) is 0 Å². The number of amides is 1. The molecule has 4 rings (SSSR count). The minimum Gasteiger partial charge on any atom is -0.494 e. The maximum absolute atomic E-state index is 12.9. The zero-order chi connectivity index (χ0) is 20.6. The molecule has 0 aromatic heterocycles. The minimum absolute atomic E-state index is 0. The summed E-state index contributed by atoms with van der Waals surface area (Å²) in [5, 5.41) is 0. The van der Waals surface area contributed by atoms with E-state index >= 15 is 0 Å². The molecule has 0 unspecified atom stereocenters. The Morgan fingerprint density at radius 3 is 2.23 bits per heavy atom. The largest absolute Gasteiger partial charge is 0.494 e. The number of carbonyl (C=O) groups excluding carboxylic acids is 1. The fourth-order valence-electron chi connectivity index (χ4n) is 4.68. The molecule has 0 spiro atoms. The van der Waals surface area contributed by atoms with Crippen molar-refractivity contribution in [2.45, 2.75) is 44.4 Å². The smallest absolute Gasteiger partial charge is 0.253 e. The van der Waals surface area contributed by atoms with E-state index in [1.165, 1.54) is 37.9 Å². The fourth-order valence-corrected chi connectivity index (χ4v) is 4.68. The predicted molar refractivity (Wildman–Crippen MR) is 128 cm³/mol. The third-order valence-electron chi connectivity index (χ3n) is 6.49. The summed E-state index contributed by atoms with van der Waals surface area (Å²) in [6, 6.07) is 18.4. The molecule has 1 amide bonds. The number of ether oxygens (including phenoxy) is 1. The van der Waals surface area contributed by atoms with Crippen molar-refractivity contribution in [2.75, 3.05) is 39.3 Å². The quantitative estimate of drug-likeness (QED) is 0.539. The van der Waals surface area contributed by atoms with Gasteiger partial charge in [-0.2, -0.15) is 0 Å². The van der Waals surface area contributed by atoms with E-state index in [2.05, 4.69) is 35.2 Å². The van der Waals surface area contributed by atoms with Crippen LogP contribution in [0.3, 0.4) is 0 Å². The van der Waals surface area contributed by atoms with Gasteiger partial charge in [-0.3, -0.25) is 4.79 Å². The van der Waals surface area contributed by atoms with E-state index in [0.29, 0.717) is 5.92 Å². The van der Waals surface area contributed by atoms with Crippen molar-refractivity contribution in [1.29, 1.82) is 0 Å². The van der Waals surface area contributed by atoms with Gasteiger partial charge in [0.1, 0.15) is 5.75 Å². The van der Waals surface area contributed by atoms with Gasteiger partial charge in [-0.25, -0.2) is 0 Å². The minimum atomic E-state index is 0.